The van der Waals surface area contributed by atoms with Gasteiger partial charge in [-0.15, -0.1) is 0 Å². The monoisotopic (exact) mass is 333 g/mol. The van der Waals surface area contributed by atoms with Gasteiger partial charge in [-0.3, -0.25) is 4.90 Å². The molecule has 0 amide bonds. The highest BCUT2D eigenvalue weighted by Crippen LogP contribution is 2.24. The van der Waals surface area contributed by atoms with Crippen molar-refractivity contribution < 1.29 is 0 Å². The van der Waals surface area contributed by atoms with Gasteiger partial charge in [0.25, 0.3) is 0 Å². The molecule has 6 heteroatoms. The molecule has 0 radical (unpaired) electrons. The number of pyridine rings is 1. The highest BCUT2D eigenvalue weighted by atomic mass is 35.5. The van der Waals surface area contributed by atoms with Crippen LogP contribution in [0.15, 0.2) is 30.7 Å². The second-order valence-corrected chi connectivity index (χ2v) is 6.54. The Morgan fingerprint density at radius 3 is 2.61 bits per heavy atom. The Labute approximate surface area is 142 Å². The van der Waals surface area contributed by atoms with E-state index in [1.807, 2.05) is 24.5 Å². The molecule has 1 aliphatic rings. The standard InChI is InChI=1S/C17H24ClN5/c1-14(5-8-22-9-7-19-15(22)2)21-10-12-23(13-11-21)17-16(18)4-3-6-20-17/h3-4,6-7,9,14H,5,8,10-13H2,1-2H3/t14-/m1/s1. The first kappa shape index (κ1) is 16.3. The quantitative estimate of drug-likeness (QED) is 0.843. The molecule has 0 saturated carbocycles. The first-order valence-electron chi connectivity index (χ1n) is 8.22. The van der Waals surface area contributed by atoms with Crippen molar-refractivity contribution in [3.05, 3.63) is 41.6 Å². The van der Waals surface area contributed by atoms with Gasteiger partial charge in [0.1, 0.15) is 11.6 Å². The lowest BCUT2D eigenvalue weighted by atomic mass is 10.1. The van der Waals surface area contributed by atoms with Crippen LogP contribution in [0.4, 0.5) is 5.82 Å². The summed E-state index contributed by atoms with van der Waals surface area (Å²) in [4.78, 5) is 13.5. The highest BCUT2D eigenvalue weighted by Gasteiger charge is 2.22. The van der Waals surface area contributed by atoms with E-state index in [0.29, 0.717) is 6.04 Å². The number of hydrogen-bond donors (Lipinski definition) is 0. The number of aromatic nitrogens is 3. The molecular formula is C17H24ClN5. The van der Waals surface area contributed by atoms with E-state index in [1.165, 1.54) is 0 Å². The van der Waals surface area contributed by atoms with Gasteiger partial charge >= 0.3 is 0 Å². The highest BCUT2D eigenvalue weighted by molar-refractivity contribution is 6.32. The van der Waals surface area contributed by atoms with Crippen LogP contribution in [-0.2, 0) is 6.54 Å². The minimum Gasteiger partial charge on any atom is -0.353 e. The molecule has 1 saturated heterocycles. The lowest BCUT2D eigenvalue weighted by molar-refractivity contribution is 0.183. The van der Waals surface area contributed by atoms with Gasteiger partial charge in [-0.1, -0.05) is 11.6 Å². The Kier molecular flexibility index (Phi) is 5.18. The number of imidazole rings is 1. The van der Waals surface area contributed by atoms with Gasteiger partial charge in [-0.2, -0.15) is 0 Å². The molecule has 0 spiro atoms. The van der Waals surface area contributed by atoms with Crippen molar-refractivity contribution in [3.8, 4) is 0 Å². The van der Waals surface area contributed by atoms with E-state index in [1.54, 1.807) is 0 Å². The number of nitrogens with zero attached hydrogens (tertiary/aromatic N) is 5. The van der Waals surface area contributed by atoms with Gasteiger partial charge in [0, 0.05) is 57.4 Å². The molecule has 23 heavy (non-hydrogen) atoms. The van der Waals surface area contributed by atoms with Crippen LogP contribution >= 0.6 is 11.6 Å². The van der Waals surface area contributed by atoms with E-state index in [2.05, 4.69) is 44.4 Å². The SMILES string of the molecule is Cc1nccn1CC[C@@H](C)N1CCN(c2ncccc2Cl)CC1. The molecule has 0 N–H and O–H groups in total. The van der Waals surface area contributed by atoms with Gasteiger partial charge in [0.2, 0.25) is 0 Å². The van der Waals surface area contributed by atoms with Crippen molar-refractivity contribution in [2.45, 2.75) is 32.9 Å². The second kappa shape index (κ2) is 7.32. The minimum absolute atomic E-state index is 0.568. The van der Waals surface area contributed by atoms with Crippen molar-refractivity contribution in [3.63, 3.8) is 0 Å². The summed E-state index contributed by atoms with van der Waals surface area (Å²) in [6, 6.07) is 4.35. The first-order valence-corrected chi connectivity index (χ1v) is 8.60. The smallest absolute Gasteiger partial charge is 0.147 e. The summed E-state index contributed by atoms with van der Waals surface area (Å²) >= 11 is 6.25. The lowest BCUT2D eigenvalue weighted by Gasteiger charge is -2.38. The minimum atomic E-state index is 0.568. The van der Waals surface area contributed by atoms with Crippen molar-refractivity contribution in [2.75, 3.05) is 31.1 Å². The largest absolute Gasteiger partial charge is 0.353 e. The number of piperazine rings is 1. The fraction of sp³-hybridized carbons (Fsp3) is 0.529. The summed E-state index contributed by atoms with van der Waals surface area (Å²) in [5.41, 5.74) is 0. The third-order valence-corrected chi connectivity index (χ3v) is 4.98. The number of rotatable bonds is 5. The Hall–Kier alpha value is -1.59. The molecular weight excluding hydrogens is 310 g/mol. The molecule has 0 bridgehead atoms. The number of hydrogen-bond acceptors (Lipinski definition) is 4. The van der Waals surface area contributed by atoms with Gasteiger partial charge < -0.3 is 9.47 Å². The molecule has 1 fully saturated rings. The van der Waals surface area contributed by atoms with E-state index in [9.17, 15) is 0 Å². The summed E-state index contributed by atoms with van der Waals surface area (Å²) in [7, 11) is 0. The zero-order valence-corrected chi connectivity index (χ0v) is 14.6. The molecule has 0 aromatic carbocycles. The number of anilines is 1. The van der Waals surface area contributed by atoms with E-state index in [4.69, 9.17) is 11.6 Å². The van der Waals surface area contributed by atoms with Crippen molar-refractivity contribution >= 4 is 17.4 Å². The van der Waals surface area contributed by atoms with E-state index < -0.39 is 0 Å². The van der Waals surface area contributed by atoms with Crippen LogP contribution in [0, 0.1) is 6.92 Å². The van der Waals surface area contributed by atoms with Gasteiger partial charge in [0.05, 0.1) is 5.02 Å². The second-order valence-electron chi connectivity index (χ2n) is 6.14. The zero-order valence-electron chi connectivity index (χ0n) is 13.8. The van der Waals surface area contributed by atoms with E-state index in [-0.39, 0.29) is 0 Å². The molecule has 2 aromatic heterocycles. The summed E-state index contributed by atoms with van der Waals surface area (Å²) in [6.07, 6.45) is 6.88. The predicted molar refractivity (Wildman–Crippen MR) is 94.1 cm³/mol. The van der Waals surface area contributed by atoms with E-state index >= 15 is 0 Å². The van der Waals surface area contributed by atoms with Gasteiger partial charge in [-0.25, -0.2) is 9.97 Å². The third kappa shape index (κ3) is 3.85. The average Bonchev–Trinajstić information content (AvgIpc) is 2.98. The third-order valence-electron chi connectivity index (χ3n) is 4.69. The fourth-order valence-electron chi connectivity index (χ4n) is 3.13. The summed E-state index contributed by atoms with van der Waals surface area (Å²) < 4.78 is 2.22. The van der Waals surface area contributed by atoms with Crippen LogP contribution in [0.2, 0.25) is 5.02 Å². The molecule has 124 valence electrons. The van der Waals surface area contributed by atoms with E-state index in [0.717, 1.165) is 55.8 Å². The van der Waals surface area contributed by atoms with Crippen LogP contribution in [0.25, 0.3) is 0 Å². The zero-order chi connectivity index (χ0) is 16.2. The summed E-state index contributed by atoms with van der Waals surface area (Å²) in [6.45, 7) is 9.46. The van der Waals surface area contributed by atoms with Gasteiger partial charge in [0.15, 0.2) is 0 Å². The Bertz CT molecular complexity index is 633. The van der Waals surface area contributed by atoms with Crippen molar-refractivity contribution in [1.29, 1.82) is 0 Å². The van der Waals surface area contributed by atoms with Crippen LogP contribution in [0.5, 0.6) is 0 Å². The predicted octanol–water partition coefficient (Wildman–Crippen LogP) is 2.84. The van der Waals surface area contributed by atoms with Gasteiger partial charge in [-0.05, 0) is 32.4 Å². The Balaban J connectivity index is 1.50. The molecule has 3 heterocycles. The number of halogens is 1. The summed E-state index contributed by atoms with van der Waals surface area (Å²) in [5.74, 6) is 2.00. The van der Waals surface area contributed by atoms with Crippen molar-refractivity contribution in [2.24, 2.45) is 0 Å². The molecule has 5 nitrogen and oxygen atoms in total. The first-order chi connectivity index (χ1) is 11.1. The molecule has 3 rings (SSSR count). The molecule has 1 atom stereocenters. The van der Waals surface area contributed by atoms with Crippen LogP contribution in [0.3, 0.4) is 0 Å². The normalized spacial score (nSPS) is 17.4. The van der Waals surface area contributed by atoms with Crippen molar-refractivity contribution in [1.82, 2.24) is 19.4 Å². The number of aryl methyl sites for hydroxylation is 2. The Morgan fingerprint density at radius 2 is 1.96 bits per heavy atom. The van der Waals surface area contributed by atoms with Crippen LogP contribution in [-0.4, -0.2) is 51.7 Å². The molecule has 0 aliphatic carbocycles. The average molecular weight is 334 g/mol. The molecule has 1 aliphatic heterocycles. The fourth-order valence-corrected chi connectivity index (χ4v) is 3.37. The Morgan fingerprint density at radius 1 is 1.17 bits per heavy atom. The summed E-state index contributed by atoms with van der Waals surface area (Å²) in [5, 5.41) is 0.740. The van der Waals surface area contributed by atoms with Crippen LogP contribution in [0.1, 0.15) is 19.2 Å². The van der Waals surface area contributed by atoms with Crippen LogP contribution < -0.4 is 4.90 Å². The maximum Gasteiger partial charge on any atom is 0.147 e. The maximum atomic E-state index is 6.25. The molecule has 0 unspecified atom stereocenters. The molecule has 2 aromatic rings. The lowest BCUT2D eigenvalue weighted by Crippen LogP contribution is -2.50. The topological polar surface area (TPSA) is 37.2 Å². The maximum absolute atomic E-state index is 6.25.